The second kappa shape index (κ2) is 4.40. The number of nitrogens with zero attached hydrogens (tertiary/aromatic N) is 2. The van der Waals surface area contributed by atoms with Crippen LogP contribution >= 0.6 is 0 Å². The molecule has 1 spiro atoms. The third-order valence-electron chi connectivity index (χ3n) is 4.35. The monoisotopic (exact) mass is 281 g/mol. The second-order valence-corrected chi connectivity index (χ2v) is 6.01. The molecule has 2 fully saturated rings. The summed E-state index contributed by atoms with van der Waals surface area (Å²) < 4.78 is 27.9. The van der Waals surface area contributed by atoms with Gasteiger partial charge in [-0.1, -0.05) is 6.42 Å². The first-order valence-corrected chi connectivity index (χ1v) is 6.78. The molecule has 4 nitrogen and oxygen atoms in total. The van der Waals surface area contributed by atoms with Crippen LogP contribution in [0.5, 0.6) is 0 Å². The largest absolute Gasteiger partial charge is 0.366 e. The van der Waals surface area contributed by atoms with E-state index >= 15 is 0 Å². The normalized spacial score (nSPS) is 23.4. The maximum absolute atomic E-state index is 14.0. The van der Waals surface area contributed by atoms with Gasteiger partial charge < -0.3 is 10.6 Å². The first-order valence-electron chi connectivity index (χ1n) is 6.78. The average Bonchev–Trinajstić information content (AvgIpc) is 2.35. The molecule has 1 aliphatic carbocycles. The summed E-state index contributed by atoms with van der Waals surface area (Å²) in [6, 6.07) is 2.99. The SMILES string of the molecule is NC(=O)c1ccnc(N2CC(F)(F)CC3(CCC3)C2)c1. The number of pyridine rings is 1. The summed E-state index contributed by atoms with van der Waals surface area (Å²) >= 11 is 0. The number of anilines is 1. The van der Waals surface area contributed by atoms with Crippen LogP contribution in [0.15, 0.2) is 18.3 Å². The van der Waals surface area contributed by atoms with Gasteiger partial charge in [0.15, 0.2) is 0 Å². The third-order valence-corrected chi connectivity index (χ3v) is 4.35. The van der Waals surface area contributed by atoms with Crippen molar-refractivity contribution in [1.29, 1.82) is 0 Å². The van der Waals surface area contributed by atoms with Gasteiger partial charge in [-0.15, -0.1) is 0 Å². The van der Waals surface area contributed by atoms with Crippen LogP contribution in [0.4, 0.5) is 14.6 Å². The van der Waals surface area contributed by atoms with Gasteiger partial charge in [0, 0.05) is 24.7 Å². The van der Waals surface area contributed by atoms with Crippen molar-refractivity contribution < 1.29 is 13.6 Å². The van der Waals surface area contributed by atoms with Gasteiger partial charge in [0.25, 0.3) is 5.92 Å². The number of alkyl halides is 2. The second-order valence-electron chi connectivity index (χ2n) is 6.01. The molecule has 2 N–H and O–H groups in total. The van der Waals surface area contributed by atoms with Crippen molar-refractivity contribution in [2.24, 2.45) is 11.1 Å². The Labute approximate surface area is 116 Å². The van der Waals surface area contributed by atoms with Crippen molar-refractivity contribution in [2.75, 3.05) is 18.0 Å². The van der Waals surface area contributed by atoms with E-state index in [1.807, 2.05) is 0 Å². The zero-order valence-corrected chi connectivity index (χ0v) is 11.1. The lowest BCUT2D eigenvalue weighted by Crippen LogP contribution is -2.55. The summed E-state index contributed by atoms with van der Waals surface area (Å²) in [5.41, 5.74) is 5.23. The fraction of sp³-hybridized carbons (Fsp3) is 0.571. The summed E-state index contributed by atoms with van der Waals surface area (Å²) in [5.74, 6) is -2.87. The van der Waals surface area contributed by atoms with Crippen molar-refractivity contribution in [3.8, 4) is 0 Å². The molecule has 1 amide bonds. The molecule has 3 rings (SSSR count). The Morgan fingerprint density at radius 3 is 2.70 bits per heavy atom. The van der Waals surface area contributed by atoms with Crippen LogP contribution in [0.1, 0.15) is 36.0 Å². The third kappa shape index (κ3) is 2.34. The van der Waals surface area contributed by atoms with Crippen LogP contribution in [0.2, 0.25) is 0 Å². The van der Waals surface area contributed by atoms with Crippen molar-refractivity contribution in [3.05, 3.63) is 23.9 Å². The number of halogens is 2. The standard InChI is InChI=1S/C14H17F2N3O/c15-14(16)7-13(3-1-4-13)8-19(9-14)11-6-10(12(17)20)2-5-18-11/h2,5-6H,1,3-4,7-9H2,(H2,17,20). The lowest BCUT2D eigenvalue weighted by molar-refractivity contribution is -0.0821. The van der Waals surface area contributed by atoms with E-state index in [2.05, 4.69) is 4.98 Å². The van der Waals surface area contributed by atoms with Gasteiger partial charge >= 0.3 is 0 Å². The molecule has 108 valence electrons. The van der Waals surface area contributed by atoms with E-state index in [-0.39, 0.29) is 18.4 Å². The number of primary amides is 1. The summed E-state index contributed by atoms with van der Waals surface area (Å²) in [5, 5.41) is 0. The Kier molecular flexibility index (Phi) is 2.92. The van der Waals surface area contributed by atoms with Crippen molar-refractivity contribution >= 4 is 11.7 Å². The van der Waals surface area contributed by atoms with Crippen LogP contribution in [-0.4, -0.2) is 29.9 Å². The van der Waals surface area contributed by atoms with Gasteiger partial charge in [-0.25, -0.2) is 13.8 Å². The summed E-state index contributed by atoms with van der Waals surface area (Å²) in [6.45, 7) is 0.238. The minimum absolute atomic E-state index is 0.0357. The predicted octanol–water partition coefficient (Wildman–Crippen LogP) is 2.20. The minimum atomic E-state index is -2.71. The number of piperidine rings is 1. The smallest absolute Gasteiger partial charge is 0.265 e. The van der Waals surface area contributed by atoms with E-state index in [0.717, 1.165) is 19.3 Å². The van der Waals surface area contributed by atoms with Gasteiger partial charge in [0.1, 0.15) is 5.82 Å². The highest BCUT2D eigenvalue weighted by Crippen LogP contribution is 2.51. The Bertz CT molecular complexity index is 543. The van der Waals surface area contributed by atoms with Gasteiger partial charge in [-0.3, -0.25) is 4.79 Å². The predicted molar refractivity (Wildman–Crippen MR) is 70.8 cm³/mol. The molecule has 1 aromatic heterocycles. The van der Waals surface area contributed by atoms with Crippen molar-refractivity contribution in [2.45, 2.75) is 31.6 Å². The molecule has 1 aromatic rings. The van der Waals surface area contributed by atoms with E-state index in [9.17, 15) is 13.6 Å². The molecule has 6 heteroatoms. The highest BCUT2D eigenvalue weighted by atomic mass is 19.3. The molecule has 0 atom stereocenters. The van der Waals surface area contributed by atoms with E-state index in [0.29, 0.717) is 17.9 Å². The molecule has 20 heavy (non-hydrogen) atoms. The summed E-state index contributed by atoms with van der Waals surface area (Å²) in [6.07, 6.45) is 4.10. The average molecular weight is 281 g/mol. The number of hydrogen-bond donors (Lipinski definition) is 1. The van der Waals surface area contributed by atoms with Crippen LogP contribution in [0, 0.1) is 5.41 Å². The zero-order chi connectivity index (χ0) is 14.4. The first-order chi connectivity index (χ1) is 9.39. The topological polar surface area (TPSA) is 59.2 Å². The maximum Gasteiger partial charge on any atom is 0.265 e. The number of amides is 1. The van der Waals surface area contributed by atoms with E-state index in [1.165, 1.54) is 18.3 Å². The Morgan fingerprint density at radius 2 is 2.10 bits per heavy atom. The number of rotatable bonds is 2. The van der Waals surface area contributed by atoms with E-state index < -0.39 is 11.8 Å². The summed E-state index contributed by atoms with van der Waals surface area (Å²) in [4.78, 5) is 16.9. The van der Waals surface area contributed by atoms with Crippen LogP contribution in [0.25, 0.3) is 0 Å². The number of carbonyl (C=O) groups excluding carboxylic acids is 1. The fourth-order valence-electron chi connectivity index (χ4n) is 3.32. The zero-order valence-electron chi connectivity index (χ0n) is 11.1. The Hall–Kier alpha value is -1.72. The van der Waals surface area contributed by atoms with Gasteiger partial charge in [-0.05, 0) is 30.4 Å². The lowest BCUT2D eigenvalue weighted by atomic mass is 9.63. The van der Waals surface area contributed by atoms with Gasteiger partial charge in [0.2, 0.25) is 5.91 Å². The number of hydrogen-bond acceptors (Lipinski definition) is 3. The number of carbonyl (C=O) groups is 1. The molecule has 1 saturated heterocycles. The fourth-order valence-corrected chi connectivity index (χ4v) is 3.32. The van der Waals surface area contributed by atoms with Crippen molar-refractivity contribution in [1.82, 2.24) is 4.98 Å². The lowest BCUT2D eigenvalue weighted by Gasteiger charge is -2.51. The highest BCUT2D eigenvalue weighted by Gasteiger charge is 2.51. The van der Waals surface area contributed by atoms with Gasteiger partial charge in [-0.2, -0.15) is 0 Å². The quantitative estimate of drug-likeness (QED) is 0.904. The molecule has 0 bridgehead atoms. The molecule has 0 radical (unpaired) electrons. The first kappa shape index (κ1) is 13.3. The van der Waals surface area contributed by atoms with E-state index in [1.54, 1.807) is 4.90 Å². The molecular formula is C14H17F2N3O. The van der Waals surface area contributed by atoms with Crippen LogP contribution < -0.4 is 10.6 Å². The van der Waals surface area contributed by atoms with Crippen LogP contribution in [-0.2, 0) is 0 Å². The maximum atomic E-state index is 14.0. The number of aromatic nitrogens is 1. The molecule has 2 aliphatic rings. The van der Waals surface area contributed by atoms with Crippen LogP contribution in [0.3, 0.4) is 0 Å². The van der Waals surface area contributed by atoms with Crippen molar-refractivity contribution in [3.63, 3.8) is 0 Å². The Balaban J connectivity index is 1.89. The molecule has 1 saturated carbocycles. The molecular weight excluding hydrogens is 264 g/mol. The molecule has 1 aliphatic heterocycles. The summed E-state index contributed by atoms with van der Waals surface area (Å²) in [7, 11) is 0. The van der Waals surface area contributed by atoms with E-state index in [4.69, 9.17) is 5.73 Å². The molecule has 0 unspecified atom stereocenters. The molecule has 2 heterocycles. The molecule has 0 aromatic carbocycles. The minimum Gasteiger partial charge on any atom is -0.366 e. The highest BCUT2D eigenvalue weighted by molar-refractivity contribution is 5.93. The van der Waals surface area contributed by atoms with Gasteiger partial charge in [0.05, 0.1) is 6.54 Å². The number of nitrogens with two attached hydrogens (primary N) is 1. The Morgan fingerprint density at radius 1 is 1.35 bits per heavy atom.